The molecule has 98 valence electrons. The number of anilines is 2. The van der Waals surface area contributed by atoms with Gasteiger partial charge in [-0.1, -0.05) is 0 Å². The zero-order chi connectivity index (χ0) is 13.0. The number of rotatable bonds is 3. The molecule has 0 bridgehead atoms. The molecule has 0 atom stereocenters. The van der Waals surface area contributed by atoms with Crippen molar-refractivity contribution in [1.29, 1.82) is 5.41 Å². The number of nitrogens with zero attached hydrogens (tertiary/aromatic N) is 1. The summed E-state index contributed by atoms with van der Waals surface area (Å²) in [5, 5.41) is 13.3. The van der Waals surface area contributed by atoms with Crippen LogP contribution in [-0.4, -0.2) is 30.2 Å². The first-order valence-corrected chi connectivity index (χ1v) is 6.08. The van der Waals surface area contributed by atoms with E-state index in [1.807, 2.05) is 19.1 Å². The van der Waals surface area contributed by atoms with Crippen molar-refractivity contribution < 1.29 is 4.74 Å². The second kappa shape index (κ2) is 5.68. The molecule has 0 amide bonds. The molecule has 0 unspecified atom stereocenters. The summed E-state index contributed by atoms with van der Waals surface area (Å²) in [7, 11) is 0. The number of aryl methyl sites for hydroxylation is 1. The van der Waals surface area contributed by atoms with Crippen molar-refractivity contribution in [3.63, 3.8) is 0 Å². The van der Waals surface area contributed by atoms with E-state index in [1.54, 1.807) is 0 Å². The average molecular weight is 249 g/mol. The van der Waals surface area contributed by atoms with Gasteiger partial charge >= 0.3 is 0 Å². The summed E-state index contributed by atoms with van der Waals surface area (Å²) in [6, 6.07) is 4.20. The first kappa shape index (κ1) is 12.6. The van der Waals surface area contributed by atoms with Gasteiger partial charge in [0.1, 0.15) is 5.82 Å². The summed E-state index contributed by atoms with van der Waals surface area (Å²) < 4.78 is 5.32. The highest BCUT2D eigenvalue weighted by molar-refractivity contribution is 5.90. The fourth-order valence-corrected chi connectivity index (χ4v) is 1.97. The Labute approximate surface area is 106 Å². The van der Waals surface area contributed by atoms with Gasteiger partial charge in [-0.2, -0.15) is 0 Å². The molecule has 1 aromatic heterocycles. The van der Waals surface area contributed by atoms with Gasteiger partial charge in [0.05, 0.1) is 11.4 Å². The molecule has 2 heterocycles. The lowest BCUT2D eigenvalue weighted by Crippen LogP contribution is -2.28. The van der Waals surface area contributed by atoms with E-state index in [9.17, 15) is 0 Å². The number of guanidine groups is 1. The minimum absolute atomic E-state index is 0.0787. The van der Waals surface area contributed by atoms with Crippen molar-refractivity contribution in [3.05, 3.63) is 17.8 Å². The molecular formula is C12H19N5O. The molecule has 1 fully saturated rings. The van der Waals surface area contributed by atoms with Gasteiger partial charge in [-0.15, -0.1) is 0 Å². The summed E-state index contributed by atoms with van der Waals surface area (Å²) in [6.45, 7) is 3.50. The van der Waals surface area contributed by atoms with Crippen LogP contribution in [0.3, 0.4) is 0 Å². The van der Waals surface area contributed by atoms with Crippen molar-refractivity contribution in [2.24, 2.45) is 5.73 Å². The molecule has 1 saturated heterocycles. The molecule has 18 heavy (non-hydrogen) atoms. The zero-order valence-corrected chi connectivity index (χ0v) is 10.5. The van der Waals surface area contributed by atoms with Crippen molar-refractivity contribution in [3.8, 4) is 0 Å². The summed E-state index contributed by atoms with van der Waals surface area (Å²) in [4.78, 5) is 4.45. The number of hydrogen-bond acceptors (Lipinski definition) is 4. The molecule has 5 N–H and O–H groups in total. The van der Waals surface area contributed by atoms with Gasteiger partial charge in [0.2, 0.25) is 0 Å². The first-order valence-electron chi connectivity index (χ1n) is 6.08. The molecule has 1 aromatic rings. The summed E-state index contributed by atoms with van der Waals surface area (Å²) >= 11 is 0. The first-order chi connectivity index (χ1) is 8.65. The Kier molecular flexibility index (Phi) is 3.99. The van der Waals surface area contributed by atoms with E-state index in [1.165, 1.54) is 0 Å². The highest BCUT2D eigenvalue weighted by Crippen LogP contribution is 2.18. The molecule has 1 aliphatic rings. The van der Waals surface area contributed by atoms with Crippen LogP contribution in [0.1, 0.15) is 18.5 Å². The SMILES string of the molecule is Cc1nc(NC2CCOCC2)ccc1NC(=N)N. The predicted octanol–water partition coefficient (Wildman–Crippen LogP) is 1.29. The van der Waals surface area contributed by atoms with Gasteiger partial charge in [0, 0.05) is 19.3 Å². The zero-order valence-electron chi connectivity index (χ0n) is 10.5. The minimum Gasteiger partial charge on any atom is -0.381 e. The van der Waals surface area contributed by atoms with Crippen molar-refractivity contribution in [2.75, 3.05) is 23.8 Å². The Hall–Kier alpha value is -1.82. The summed E-state index contributed by atoms with van der Waals surface area (Å²) in [6.07, 6.45) is 2.02. The topological polar surface area (TPSA) is 96.0 Å². The van der Waals surface area contributed by atoms with E-state index >= 15 is 0 Å². The highest BCUT2D eigenvalue weighted by Gasteiger charge is 2.14. The molecule has 6 nitrogen and oxygen atoms in total. The normalized spacial score (nSPS) is 16.3. The monoisotopic (exact) mass is 249 g/mol. The van der Waals surface area contributed by atoms with Crippen LogP contribution in [-0.2, 0) is 4.74 Å². The Balaban J connectivity index is 2.01. The van der Waals surface area contributed by atoms with Gasteiger partial charge in [0.25, 0.3) is 0 Å². The average Bonchev–Trinajstić information content (AvgIpc) is 2.33. The van der Waals surface area contributed by atoms with Crippen LogP contribution < -0.4 is 16.4 Å². The van der Waals surface area contributed by atoms with Crippen LogP contribution in [0.25, 0.3) is 0 Å². The van der Waals surface area contributed by atoms with Crippen LogP contribution in [0.4, 0.5) is 11.5 Å². The third-order valence-electron chi connectivity index (χ3n) is 2.93. The summed E-state index contributed by atoms with van der Waals surface area (Å²) in [5.74, 6) is 0.776. The molecule has 0 radical (unpaired) electrons. The Morgan fingerprint density at radius 1 is 1.44 bits per heavy atom. The fourth-order valence-electron chi connectivity index (χ4n) is 1.97. The van der Waals surface area contributed by atoms with E-state index in [4.69, 9.17) is 15.9 Å². The Bertz CT molecular complexity index is 428. The minimum atomic E-state index is -0.0787. The Morgan fingerprint density at radius 2 is 2.17 bits per heavy atom. The second-order valence-electron chi connectivity index (χ2n) is 4.40. The van der Waals surface area contributed by atoms with E-state index in [0.29, 0.717) is 6.04 Å². The lowest BCUT2D eigenvalue weighted by atomic mass is 10.1. The summed E-state index contributed by atoms with van der Waals surface area (Å²) in [5.41, 5.74) is 6.88. The molecule has 0 aliphatic carbocycles. The molecular weight excluding hydrogens is 230 g/mol. The molecule has 6 heteroatoms. The van der Waals surface area contributed by atoms with E-state index < -0.39 is 0 Å². The Morgan fingerprint density at radius 3 is 2.78 bits per heavy atom. The number of aromatic nitrogens is 1. The van der Waals surface area contributed by atoms with E-state index in [-0.39, 0.29) is 5.96 Å². The number of ether oxygens (including phenoxy) is 1. The second-order valence-corrected chi connectivity index (χ2v) is 4.40. The maximum Gasteiger partial charge on any atom is 0.190 e. The maximum absolute atomic E-state index is 7.20. The van der Waals surface area contributed by atoms with Crippen LogP contribution in [0.5, 0.6) is 0 Å². The number of hydrogen-bond donors (Lipinski definition) is 4. The molecule has 2 rings (SSSR count). The van der Waals surface area contributed by atoms with Gasteiger partial charge in [0.15, 0.2) is 5.96 Å². The molecule has 0 saturated carbocycles. The molecule has 0 spiro atoms. The maximum atomic E-state index is 7.20. The molecule has 0 aromatic carbocycles. The number of nitrogens with two attached hydrogens (primary N) is 1. The van der Waals surface area contributed by atoms with Gasteiger partial charge in [-0.25, -0.2) is 4.98 Å². The van der Waals surface area contributed by atoms with Crippen LogP contribution in [0.15, 0.2) is 12.1 Å². The molecule has 1 aliphatic heterocycles. The van der Waals surface area contributed by atoms with Crippen molar-refractivity contribution in [1.82, 2.24) is 4.98 Å². The fraction of sp³-hybridized carbons (Fsp3) is 0.500. The van der Waals surface area contributed by atoms with Gasteiger partial charge in [-0.05, 0) is 31.9 Å². The van der Waals surface area contributed by atoms with Gasteiger partial charge in [-0.3, -0.25) is 5.41 Å². The smallest absolute Gasteiger partial charge is 0.190 e. The number of nitrogens with one attached hydrogen (secondary N) is 3. The quantitative estimate of drug-likeness (QED) is 0.478. The number of pyridine rings is 1. The van der Waals surface area contributed by atoms with E-state index in [0.717, 1.165) is 43.3 Å². The van der Waals surface area contributed by atoms with Crippen LogP contribution in [0.2, 0.25) is 0 Å². The lowest BCUT2D eigenvalue weighted by Gasteiger charge is -2.24. The third-order valence-corrected chi connectivity index (χ3v) is 2.93. The lowest BCUT2D eigenvalue weighted by molar-refractivity contribution is 0.0904. The van der Waals surface area contributed by atoms with Crippen LogP contribution >= 0.6 is 0 Å². The van der Waals surface area contributed by atoms with Crippen molar-refractivity contribution in [2.45, 2.75) is 25.8 Å². The largest absolute Gasteiger partial charge is 0.381 e. The van der Waals surface area contributed by atoms with Crippen molar-refractivity contribution >= 4 is 17.5 Å². The standard InChI is InChI=1S/C12H19N5O/c1-8-10(17-12(13)14)2-3-11(15-8)16-9-4-6-18-7-5-9/h2-3,9H,4-7H2,1H3,(H,15,16)(H4,13,14,17). The third kappa shape index (κ3) is 3.33. The highest BCUT2D eigenvalue weighted by atomic mass is 16.5. The van der Waals surface area contributed by atoms with E-state index in [2.05, 4.69) is 15.6 Å². The van der Waals surface area contributed by atoms with Crippen LogP contribution in [0, 0.1) is 12.3 Å². The van der Waals surface area contributed by atoms with Gasteiger partial charge < -0.3 is 21.1 Å². The predicted molar refractivity (Wildman–Crippen MR) is 72.0 cm³/mol.